The van der Waals surface area contributed by atoms with Crippen LogP contribution in [0, 0.1) is 18.3 Å². The van der Waals surface area contributed by atoms with Crippen LogP contribution in [0.4, 0.5) is 4.79 Å². The van der Waals surface area contributed by atoms with E-state index in [-0.39, 0.29) is 17.4 Å². The minimum atomic E-state index is -0.834. The van der Waals surface area contributed by atoms with Gasteiger partial charge in [0.15, 0.2) is 0 Å². The minimum Gasteiger partial charge on any atom is -0.465 e. The third kappa shape index (κ3) is 6.13. The van der Waals surface area contributed by atoms with E-state index in [2.05, 4.69) is 31.0 Å². The van der Waals surface area contributed by atoms with E-state index in [1.54, 1.807) is 4.90 Å². The lowest BCUT2D eigenvalue weighted by Gasteiger charge is -2.44. The molecule has 0 aliphatic carbocycles. The van der Waals surface area contributed by atoms with Gasteiger partial charge >= 0.3 is 6.09 Å². The number of fused-ring (bicyclic) bond motifs is 1. The van der Waals surface area contributed by atoms with Crippen LogP contribution in [0.3, 0.4) is 0 Å². The Hall–Kier alpha value is -2.65. The van der Waals surface area contributed by atoms with Crippen molar-refractivity contribution in [1.29, 1.82) is 0 Å². The number of hydrogen-bond donors (Lipinski definition) is 2. The molecule has 2 aliphatic heterocycles. The molecule has 2 unspecified atom stereocenters. The molecule has 2 fully saturated rings. The highest BCUT2D eigenvalue weighted by molar-refractivity contribution is 5.99. The molecule has 192 valence electrons. The molecule has 4 rings (SSSR count). The molecule has 2 N–H and O–H groups in total. The highest BCUT2D eigenvalue weighted by Gasteiger charge is 2.38. The smallest absolute Gasteiger partial charge is 0.407 e. The average Bonchev–Trinajstić information content (AvgIpc) is 3.19. The first-order chi connectivity index (χ1) is 16.6. The summed E-state index contributed by atoms with van der Waals surface area (Å²) < 4.78 is 7.34. The minimum absolute atomic E-state index is 0.0151. The second kappa shape index (κ2) is 10.5. The zero-order valence-corrected chi connectivity index (χ0v) is 21.4. The zero-order chi connectivity index (χ0) is 25.2. The molecule has 1 aromatic carbocycles. The van der Waals surface area contributed by atoms with Gasteiger partial charge in [0.25, 0.3) is 5.91 Å². The largest absolute Gasteiger partial charge is 0.465 e. The molecule has 35 heavy (non-hydrogen) atoms. The van der Waals surface area contributed by atoms with Crippen molar-refractivity contribution in [2.24, 2.45) is 11.3 Å². The van der Waals surface area contributed by atoms with Crippen molar-refractivity contribution in [3.05, 3.63) is 29.5 Å². The van der Waals surface area contributed by atoms with Crippen molar-refractivity contribution >= 4 is 22.9 Å². The summed E-state index contributed by atoms with van der Waals surface area (Å²) in [4.78, 5) is 28.5. The Labute approximate surface area is 207 Å². The standard InChI is InChI=1S/C26H39N5O4/c1-18-13-22-20(15-21(18)24(32)27-6-8-29-9-11-35-12-10-29)17-30(28-22)16-19-5-7-31(25(33)34)23(14-19)26(2,3)4/h13,15,17,19,23H,5-12,14,16H2,1-4H3,(H,27,32)(H,33,34). The van der Waals surface area contributed by atoms with Gasteiger partial charge in [-0.2, -0.15) is 5.10 Å². The van der Waals surface area contributed by atoms with Crippen LogP contribution in [0.1, 0.15) is 49.5 Å². The molecule has 1 aromatic heterocycles. The highest BCUT2D eigenvalue weighted by Crippen LogP contribution is 2.35. The number of carbonyl (C=O) groups excluding carboxylic acids is 1. The van der Waals surface area contributed by atoms with Gasteiger partial charge in [-0.3, -0.25) is 14.4 Å². The van der Waals surface area contributed by atoms with Gasteiger partial charge in [-0.25, -0.2) is 4.79 Å². The number of aromatic nitrogens is 2. The zero-order valence-electron chi connectivity index (χ0n) is 21.4. The first kappa shape index (κ1) is 25.4. The topological polar surface area (TPSA) is 99.9 Å². The number of benzene rings is 1. The van der Waals surface area contributed by atoms with Gasteiger partial charge in [-0.05, 0) is 48.8 Å². The number of carbonyl (C=O) groups is 2. The molecule has 0 saturated carbocycles. The fourth-order valence-corrected chi connectivity index (χ4v) is 5.33. The molecule has 0 radical (unpaired) electrons. The number of carboxylic acid groups (broad SMARTS) is 1. The number of piperidine rings is 1. The van der Waals surface area contributed by atoms with Crippen LogP contribution in [-0.4, -0.2) is 88.7 Å². The summed E-state index contributed by atoms with van der Waals surface area (Å²) in [6.07, 6.45) is 2.82. The van der Waals surface area contributed by atoms with E-state index in [4.69, 9.17) is 9.84 Å². The number of nitrogens with zero attached hydrogens (tertiary/aromatic N) is 4. The molecule has 3 heterocycles. The molecule has 9 heteroatoms. The normalized spacial score (nSPS) is 21.9. The van der Waals surface area contributed by atoms with Gasteiger partial charge in [0.05, 0.1) is 18.7 Å². The first-order valence-corrected chi connectivity index (χ1v) is 12.7. The third-order valence-electron chi connectivity index (χ3n) is 7.36. The first-order valence-electron chi connectivity index (χ1n) is 12.7. The van der Waals surface area contributed by atoms with Crippen molar-refractivity contribution in [2.45, 2.75) is 53.1 Å². The van der Waals surface area contributed by atoms with Crippen molar-refractivity contribution in [2.75, 3.05) is 45.9 Å². The van der Waals surface area contributed by atoms with Crippen LogP contribution >= 0.6 is 0 Å². The van der Waals surface area contributed by atoms with E-state index in [9.17, 15) is 14.7 Å². The molecule has 9 nitrogen and oxygen atoms in total. The van der Waals surface area contributed by atoms with Crippen LogP contribution in [0.15, 0.2) is 18.3 Å². The van der Waals surface area contributed by atoms with E-state index < -0.39 is 6.09 Å². The number of aryl methyl sites for hydroxylation is 1. The molecule has 2 saturated heterocycles. The SMILES string of the molecule is Cc1cc2nn(CC3CCN(C(=O)O)C(C(C)(C)C)C3)cc2cc1C(=O)NCCN1CCOCC1. The summed E-state index contributed by atoms with van der Waals surface area (Å²) in [7, 11) is 0. The van der Waals surface area contributed by atoms with Gasteiger partial charge in [0, 0.05) is 62.5 Å². The Bertz CT molecular complexity index is 1050. The summed E-state index contributed by atoms with van der Waals surface area (Å²) in [5.41, 5.74) is 2.35. The number of morpholine rings is 1. The van der Waals surface area contributed by atoms with E-state index in [1.165, 1.54) is 0 Å². The van der Waals surface area contributed by atoms with Crippen LogP contribution in [-0.2, 0) is 11.3 Å². The molecule has 2 amide bonds. The number of rotatable bonds is 6. The maximum Gasteiger partial charge on any atom is 0.407 e. The Morgan fingerprint density at radius 3 is 2.63 bits per heavy atom. The fourth-order valence-electron chi connectivity index (χ4n) is 5.33. The van der Waals surface area contributed by atoms with Crippen LogP contribution < -0.4 is 5.32 Å². The molecular weight excluding hydrogens is 446 g/mol. The Balaban J connectivity index is 1.40. The fraction of sp³-hybridized carbons (Fsp3) is 0.654. The number of nitrogens with one attached hydrogen (secondary N) is 1. The lowest BCUT2D eigenvalue weighted by molar-refractivity contribution is 0.0367. The summed E-state index contributed by atoms with van der Waals surface area (Å²) in [6.45, 7) is 14.3. The molecule has 0 bridgehead atoms. The number of likely N-dealkylation sites (tertiary alicyclic amines) is 1. The van der Waals surface area contributed by atoms with Gasteiger partial charge in [-0.1, -0.05) is 20.8 Å². The van der Waals surface area contributed by atoms with E-state index >= 15 is 0 Å². The van der Waals surface area contributed by atoms with Crippen LogP contribution in [0.5, 0.6) is 0 Å². The van der Waals surface area contributed by atoms with E-state index in [0.29, 0.717) is 24.6 Å². The van der Waals surface area contributed by atoms with Crippen molar-refractivity contribution in [1.82, 2.24) is 24.9 Å². The van der Waals surface area contributed by atoms with Crippen LogP contribution in [0.25, 0.3) is 10.9 Å². The molecular formula is C26H39N5O4. The molecule has 2 atom stereocenters. The highest BCUT2D eigenvalue weighted by atomic mass is 16.5. The Kier molecular flexibility index (Phi) is 7.66. The van der Waals surface area contributed by atoms with Crippen molar-refractivity contribution in [3.63, 3.8) is 0 Å². The Morgan fingerprint density at radius 1 is 1.20 bits per heavy atom. The number of amides is 2. The second-order valence-electron chi connectivity index (χ2n) is 11.0. The van der Waals surface area contributed by atoms with Gasteiger partial charge < -0.3 is 20.1 Å². The quantitative estimate of drug-likeness (QED) is 0.652. The summed E-state index contributed by atoms with van der Waals surface area (Å²) >= 11 is 0. The number of ether oxygens (including phenoxy) is 1. The summed E-state index contributed by atoms with van der Waals surface area (Å²) in [6, 6.07) is 3.90. The van der Waals surface area contributed by atoms with Crippen molar-refractivity contribution < 1.29 is 19.4 Å². The monoisotopic (exact) mass is 485 g/mol. The summed E-state index contributed by atoms with van der Waals surface area (Å²) in [5, 5.41) is 18.4. The maximum absolute atomic E-state index is 12.9. The Morgan fingerprint density at radius 2 is 1.94 bits per heavy atom. The predicted octanol–water partition coefficient (Wildman–Crippen LogP) is 3.21. The van der Waals surface area contributed by atoms with Gasteiger partial charge in [0.2, 0.25) is 0 Å². The lowest BCUT2D eigenvalue weighted by atomic mass is 9.77. The summed E-state index contributed by atoms with van der Waals surface area (Å²) in [5.74, 6) is 0.299. The van der Waals surface area contributed by atoms with E-state index in [1.807, 2.05) is 29.9 Å². The van der Waals surface area contributed by atoms with Gasteiger partial charge in [-0.15, -0.1) is 0 Å². The second-order valence-corrected chi connectivity index (χ2v) is 11.0. The maximum atomic E-state index is 12.9. The third-order valence-corrected chi connectivity index (χ3v) is 7.36. The predicted molar refractivity (Wildman–Crippen MR) is 135 cm³/mol. The lowest BCUT2D eigenvalue weighted by Crippen LogP contribution is -2.52. The van der Waals surface area contributed by atoms with Crippen LogP contribution in [0.2, 0.25) is 0 Å². The molecule has 0 spiro atoms. The van der Waals surface area contributed by atoms with Gasteiger partial charge in [0.1, 0.15) is 0 Å². The molecule has 2 aromatic rings. The average molecular weight is 486 g/mol. The molecule has 2 aliphatic rings. The van der Waals surface area contributed by atoms with Crippen molar-refractivity contribution in [3.8, 4) is 0 Å². The van der Waals surface area contributed by atoms with E-state index in [0.717, 1.165) is 68.7 Å². The number of hydrogen-bond acceptors (Lipinski definition) is 5.